The van der Waals surface area contributed by atoms with Crippen molar-refractivity contribution >= 4 is 23.1 Å². The number of hydrogen-bond donors (Lipinski definition) is 0. The van der Waals surface area contributed by atoms with Crippen LogP contribution in [0.25, 0.3) is 0 Å². The van der Waals surface area contributed by atoms with Crippen LogP contribution in [0.4, 0.5) is 5.69 Å². The average molecular weight is 223 g/mol. The van der Waals surface area contributed by atoms with Crippen LogP contribution < -0.4 is 0 Å². The lowest BCUT2D eigenvalue weighted by Crippen LogP contribution is -1.98. The van der Waals surface area contributed by atoms with E-state index in [9.17, 15) is 10.1 Å². The van der Waals surface area contributed by atoms with Gasteiger partial charge < -0.3 is 4.74 Å². The molecule has 7 heteroatoms. The predicted molar refractivity (Wildman–Crippen MR) is 54.4 cm³/mol. The van der Waals surface area contributed by atoms with Crippen LogP contribution in [-0.2, 0) is 4.74 Å². The van der Waals surface area contributed by atoms with Crippen LogP contribution in [0.3, 0.4) is 0 Å². The molecule has 0 saturated carbocycles. The third-order valence-electron chi connectivity index (χ3n) is 1.85. The number of benzene rings is 1. The maximum atomic E-state index is 10.4. The predicted octanol–water partition coefficient (Wildman–Crippen LogP) is 2.36. The Kier molecular flexibility index (Phi) is 2.38. The fourth-order valence-corrected chi connectivity index (χ4v) is 1.28. The summed E-state index contributed by atoms with van der Waals surface area (Å²) < 4.78 is 5.08. The molecule has 1 aliphatic rings. The minimum absolute atomic E-state index is 0.0243. The SMILES string of the molecule is O=[N+]([O-])c1ccc(C2N=NC(=S)O2)cc1. The van der Waals surface area contributed by atoms with Crippen molar-refractivity contribution in [2.75, 3.05) is 0 Å². The summed E-state index contributed by atoms with van der Waals surface area (Å²) >= 11 is 4.67. The normalized spacial score (nSPS) is 18.9. The van der Waals surface area contributed by atoms with Crippen LogP contribution in [-0.4, -0.2) is 10.1 Å². The number of nitrogens with zero attached hydrogens (tertiary/aromatic N) is 3. The summed E-state index contributed by atoms with van der Waals surface area (Å²) in [6, 6.07) is 5.90. The van der Waals surface area contributed by atoms with Gasteiger partial charge in [-0.1, -0.05) is 0 Å². The Labute approximate surface area is 89.7 Å². The third kappa shape index (κ3) is 1.96. The fourth-order valence-electron chi connectivity index (χ4n) is 1.14. The van der Waals surface area contributed by atoms with Crippen LogP contribution in [0.2, 0.25) is 0 Å². The second-order valence-corrected chi connectivity index (χ2v) is 3.15. The molecular weight excluding hydrogens is 218 g/mol. The van der Waals surface area contributed by atoms with E-state index >= 15 is 0 Å². The number of ether oxygens (including phenoxy) is 1. The average Bonchev–Trinajstić information content (AvgIpc) is 2.65. The van der Waals surface area contributed by atoms with E-state index in [0.29, 0.717) is 5.56 Å². The first kappa shape index (κ1) is 9.66. The van der Waals surface area contributed by atoms with Crippen LogP contribution in [0.1, 0.15) is 11.8 Å². The highest BCUT2D eigenvalue weighted by Crippen LogP contribution is 2.26. The fraction of sp³-hybridized carbons (Fsp3) is 0.125. The van der Waals surface area contributed by atoms with Crippen LogP contribution >= 0.6 is 12.2 Å². The molecule has 0 radical (unpaired) electrons. The zero-order chi connectivity index (χ0) is 10.8. The van der Waals surface area contributed by atoms with E-state index in [-0.39, 0.29) is 10.9 Å². The Hall–Kier alpha value is -1.89. The minimum Gasteiger partial charge on any atom is -0.436 e. The standard InChI is InChI=1S/C8H5N3O3S/c12-11(13)6-3-1-5(2-4-6)7-9-10-8(15)14-7/h1-4,7H. The molecule has 15 heavy (non-hydrogen) atoms. The van der Waals surface area contributed by atoms with Crippen LogP contribution in [0, 0.1) is 10.1 Å². The quantitative estimate of drug-likeness (QED) is 0.438. The molecule has 1 atom stereocenters. The number of thiocarbonyl (C=S) groups is 1. The largest absolute Gasteiger partial charge is 0.436 e. The van der Waals surface area contributed by atoms with E-state index in [4.69, 9.17) is 4.74 Å². The molecule has 76 valence electrons. The van der Waals surface area contributed by atoms with Gasteiger partial charge in [0.2, 0.25) is 6.23 Å². The number of hydrogen-bond acceptors (Lipinski definition) is 5. The Morgan fingerprint density at radius 3 is 2.53 bits per heavy atom. The van der Waals surface area contributed by atoms with E-state index in [1.165, 1.54) is 12.1 Å². The van der Waals surface area contributed by atoms with Crippen molar-refractivity contribution in [2.24, 2.45) is 10.2 Å². The monoisotopic (exact) mass is 223 g/mol. The highest BCUT2D eigenvalue weighted by Gasteiger charge is 2.19. The van der Waals surface area contributed by atoms with Gasteiger partial charge in [0.05, 0.1) is 4.92 Å². The summed E-state index contributed by atoms with van der Waals surface area (Å²) in [5.74, 6) is 0. The van der Waals surface area contributed by atoms with Gasteiger partial charge in [-0.25, -0.2) is 0 Å². The molecule has 0 bridgehead atoms. The first-order valence-corrected chi connectivity index (χ1v) is 4.43. The molecule has 0 N–H and O–H groups in total. The third-order valence-corrected chi connectivity index (χ3v) is 2.02. The van der Waals surface area contributed by atoms with Crippen molar-refractivity contribution in [1.29, 1.82) is 0 Å². The molecule has 0 fully saturated rings. The minimum atomic E-state index is -0.571. The summed E-state index contributed by atoms with van der Waals surface area (Å²) in [5.41, 5.74) is 0.709. The number of rotatable bonds is 2. The first-order chi connectivity index (χ1) is 7.16. The molecule has 2 rings (SSSR count). The second kappa shape index (κ2) is 3.70. The zero-order valence-corrected chi connectivity index (χ0v) is 8.18. The van der Waals surface area contributed by atoms with Gasteiger partial charge in [0.25, 0.3) is 5.69 Å². The lowest BCUT2D eigenvalue weighted by molar-refractivity contribution is -0.384. The van der Waals surface area contributed by atoms with Gasteiger partial charge in [-0.3, -0.25) is 10.1 Å². The smallest absolute Gasteiger partial charge is 0.304 e. The Bertz CT molecular complexity index is 443. The number of nitro benzene ring substituents is 1. The topological polar surface area (TPSA) is 77.1 Å². The Balaban J connectivity index is 2.21. The maximum Gasteiger partial charge on any atom is 0.304 e. The molecule has 1 heterocycles. The zero-order valence-electron chi connectivity index (χ0n) is 7.36. The van der Waals surface area contributed by atoms with E-state index < -0.39 is 11.2 Å². The Morgan fingerprint density at radius 2 is 2.07 bits per heavy atom. The lowest BCUT2D eigenvalue weighted by Gasteiger charge is -2.05. The van der Waals surface area contributed by atoms with Crippen molar-refractivity contribution < 1.29 is 9.66 Å². The highest BCUT2D eigenvalue weighted by atomic mass is 32.1. The van der Waals surface area contributed by atoms with E-state index in [1.54, 1.807) is 12.1 Å². The Morgan fingerprint density at radius 1 is 1.40 bits per heavy atom. The van der Waals surface area contributed by atoms with Gasteiger partial charge in [0.15, 0.2) is 0 Å². The van der Waals surface area contributed by atoms with Crippen molar-refractivity contribution in [3.8, 4) is 0 Å². The molecule has 6 nitrogen and oxygen atoms in total. The van der Waals surface area contributed by atoms with Crippen LogP contribution in [0.5, 0.6) is 0 Å². The first-order valence-electron chi connectivity index (χ1n) is 4.02. The summed E-state index contributed by atoms with van der Waals surface area (Å²) in [5, 5.41) is 17.8. The van der Waals surface area contributed by atoms with Gasteiger partial charge in [0.1, 0.15) is 0 Å². The molecule has 1 aromatic carbocycles. The van der Waals surface area contributed by atoms with Gasteiger partial charge in [-0.2, -0.15) is 0 Å². The summed E-state index contributed by atoms with van der Waals surface area (Å²) in [7, 11) is 0. The summed E-state index contributed by atoms with van der Waals surface area (Å²) in [6.45, 7) is 0. The van der Waals surface area contributed by atoms with Gasteiger partial charge in [-0.05, 0) is 24.4 Å². The molecule has 1 aromatic rings. The molecule has 1 unspecified atom stereocenters. The van der Waals surface area contributed by atoms with Crippen molar-refractivity contribution in [1.82, 2.24) is 0 Å². The van der Waals surface area contributed by atoms with Crippen molar-refractivity contribution in [2.45, 2.75) is 6.23 Å². The molecule has 0 aromatic heterocycles. The molecule has 0 amide bonds. The number of azo groups is 1. The molecule has 0 aliphatic carbocycles. The van der Waals surface area contributed by atoms with Gasteiger partial charge in [-0.15, -0.1) is 10.2 Å². The van der Waals surface area contributed by atoms with E-state index in [2.05, 4.69) is 22.4 Å². The van der Waals surface area contributed by atoms with Crippen molar-refractivity contribution in [3.05, 3.63) is 39.9 Å². The number of non-ortho nitro benzene ring substituents is 1. The summed E-state index contributed by atoms with van der Waals surface area (Å²) in [4.78, 5) is 9.93. The summed E-state index contributed by atoms with van der Waals surface area (Å²) in [6.07, 6.45) is -0.571. The van der Waals surface area contributed by atoms with Gasteiger partial charge in [0, 0.05) is 17.7 Å². The van der Waals surface area contributed by atoms with Crippen LogP contribution in [0.15, 0.2) is 34.5 Å². The second-order valence-electron chi connectivity index (χ2n) is 2.80. The van der Waals surface area contributed by atoms with Gasteiger partial charge >= 0.3 is 5.17 Å². The molecule has 1 aliphatic heterocycles. The van der Waals surface area contributed by atoms with E-state index in [1.807, 2.05) is 0 Å². The van der Waals surface area contributed by atoms with E-state index in [0.717, 1.165) is 0 Å². The number of nitro groups is 1. The highest BCUT2D eigenvalue weighted by molar-refractivity contribution is 7.80. The molecular formula is C8H5N3O3S. The van der Waals surface area contributed by atoms with Crippen molar-refractivity contribution in [3.63, 3.8) is 0 Å². The maximum absolute atomic E-state index is 10.4. The lowest BCUT2D eigenvalue weighted by atomic mass is 10.2. The molecule has 0 spiro atoms. The molecule has 0 saturated heterocycles.